The van der Waals surface area contributed by atoms with Crippen molar-refractivity contribution in [3.05, 3.63) is 64.2 Å². The van der Waals surface area contributed by atoms with E-state index >= 15 is 0 Å². The van der Waals surface area contributed by atoms with E-state index in [2.05, 4.69) is 24.4 Å². The summed E-state index contributed by atoms with van der Waals surface area (Å²) in [7, 11) is 0. The second-order valence-electron chi connectivity index (χ2n) is 4.40. The van der Waals surface area contributed by atoms with E-state index in [1.807, 2.05) is 18.2 Å². The molecule has 0 radical (unpaired) electrons. The van der Waals surface area contributed by atoms with Gasteiger partial charge in [0.05, 0.1) is 10.6 Å². The lowest BCUT2D eigenvalue weighted by Gasteiger charge is -2.09. The highest BCUT2D eigenvalue weighted by Crippen LogP contribution is 2.20. The van der Waals surface area contributed by atoms with E-state index in [0.29, 0.717) is 17.1 Å². The van der Waals surface area contributed by atoms with Crippen LogP contribution in [0.1, 0.15) is 21.5 Å². The molecular weight excluding hydrogens is 260 g/mol. The van der Waals surface area contributed by atoms with E-state index in [-0.39, 0.29) is 0 Å². The van der Waals surface area contributed by atoms with Crippen LogP contribution in [0.15, 0.2) is 42.5 Å². The van der Waals surface area contributed by atoms with Crippen molar-refractivity contribution >= 4 is 23.2 Å². The molecule has 0 atom stereocenters. The Kier molecular flexibility index (Phi) is 4.07. The number of primary amides is 1. The second-order valence-corrected chi connectivity index (χ2v) is 4.81. The Hall–Kier alpha value is -2.00. The van der Waals surface area contributed by atoms with Gasteiger partial charge in [-0.2, -0.15) is 0 Å². The summed E-state index contributed by atoms with van der Waals surface area (Å²) in [5.41, 5.74) is 8.80. The van der Waals surface area contributed by atoms with E-state index < -0.39 is 5.91 Å². The third-order valence-electron chi connectivity index (χ3n) is 2.81. The summed E-state index contributed by atoms with van der Waals surface area (Å²) < 4.78 is 0. The topological polar surface area (TPSA) is 55.1 Å². The Balaban J connectivity index is 2.12. The Labute approximate surface area is 117 Å². The summed E-state index contributed by atoms with van der Waals surface area (Å²) >= 11 is 5.90. The van der Waals surface area contributed by atoms with Crippen molar-refractivity contribution in [1.29, 1.82) is 0 Å². The number of amides is 1. The number of hydrogen-bond acceptors (Lipinski definition) is 2. The fourth-order valence-corrected chi connectivity index (χ4v) is 2.06. The highest BCUT2D eigenvalue weighted by atomic mass is 35.5. The molecule has 3 nitrogen and oxygen atoms in total. The van der Waals surface area contributed by atoms with Crippen molar-refractivity contribution in [3.8, 4) is 0 Å². The van der Waals surface area contributed by atoms with Gasteiger partial charge in [-0.3, -0.25) is 4.79 Å². The first-order valence-corrected chi connectivity index (χ1v) is 6.33. The number of carbonyl (C=O) groups is 1. The van der Waals surface area contributed by atoms with Crippen LogP contribution < -0.4 is 11.1 Å². The van der Waals surface area contributed by atoms with Crippen molar-refractivity contribution < 1.29 is 4.79 Å². The number of aryl methyl sites for hydroxylation is 1. The van der Waals surface area contributed by atoms with Crippen LogP contribution in [0.3, 0.4) is 0 Å². The molecule has 0 fully saturated rings. The SMILES string of the molecule is Cc1cccc(CNc2ccc(Cl)c(C(N)=O)c2)c1. The molecule has 0 bridgehead atoms. The van der Waals surface area contributed by atoms with Gasteiger partial charge < -0.3 is 11.1 Å². The highest BCUT2D eigenvalue weighted by Gasteiger charge is 2.07. The summed E-state index contributed by atoms with van der Waals surface area (Å²) in [6, 6.07) is 13.4. The van der Waals surface area contributed by atoms with Gasteiger partial charge >= 0.3 is 0 Å². The van der Waals surface area contributed by atoms with Crippen LogP contribution in [-0.4, -0.2) is 5.91 Å². The van der Waals surface area contributed by atoms with Crippen LogP contribution in [0.5, 0.6) is 0 Å². The zero-order valence-corrected chi connectivity index (χ0v) is 11.4. The first-order valence-electron chi connectivity index (χ1n) is 5.95. The van der Waals surface area contributed by atoms with Crippen LogP contribution in [-0.2, 0) is 6.54 Å². The molecule has 0 aliphatic carbocycles. The van der Waals surface area contributed by atoms with Crippen LogP contribution in [0.2, 0.25) is 5.02 Å². The summed E-state index contributed by atoms with van der Waals surface area (Å²) in [5, 5.41) is 3.61. The number of nitrogens with one attached hydrogen (secondary N) is 1. The van der Waals surface area contributed by atoms with Gasteiger partial charge in [0.1, 0.15) is 0 Å². The van der Waals surface area contributed by atoms with Crippen molar-refractivity contribution in [3.63, 3.8) is 0 Å². The Morgan fingerprint density at radius 1 is 1.26 bits per heavy atom. The van der Waals surface area contributed by atoms with Gasteiger partial charge in [0, 0.05) is 12.2 Å². The summed E-state index contributed by atoms with van der Waals surface area (Å²) in [5.74, 6) is -0.524. The lowest BCUT2D eigenvalue weighted by molar-refractivity contribution is 0.100. The predicted octanol–water partition coefficient (Wildman–Crippen LogP) is 3.36. The van der Waals surface area contributed by atoms with E-state index in [1.165, 1.54) is 11.1 Å². The molecule has 0 aliphatic heterocycles. The Morgan fingerprint density at radius 3 is 2.74 bits per heavy atom. The van der Waals surface area contributed by atoms with E-state index in [4.69, 9.17) is 17.3 Å². The fourth-order valence-electron chi connectivity index (χ4n) is 1.85. The number of benzene rings is 2. The quantitative estimate of drug-likeness (QED) is 0.898. The van der Waals surface area contributed by atoms with E-state index in [1.54, 1.807) is 12.1 Å². The van der Waals surface area contributed by atoms with Gasteiger partial charge in [0.2, 0.25) is 5.91 Å². The predicted molar refractivity (Wildman–Crippen MR) is 78.5 cm³/mol. The zero-order chi connectivity index (χ0) is 13.8. The lowest BCUT2D eigenvalue weighted by atomic mass is 10.1. The molecule has 0 saturated heterocycles. The molecule has 1 amide bonds. The van der Waals surface area contributed by atoms with Gasteiger partial charge in [0.25, 0.3) is 0 Å². The molecule has 2 aromatic carbocycles. The van der Waals surface area contributed by atoms with Crippen molar-refractivity contribution in [2.75, 3.05) is 5.32 Å². The summed E-state index contributed by atoms with van der Waals surface area (Å²) in [6.45, 7) is 2.73. The van der Waals surface area contributed by atoms with Crippen molar-refractivity contribution in [2.24, 2.45) is 5.73 Å². The average Bonchev–Trinajstić information content (AvgIpc) is 2.37. The second kappa shape index (κ2) is 5.76. The molecule has 3 N–H and O–H groups in total. The molecule has 0 saturated carbocycles. The third-order valence-corrected chi connectivity index (χ3v) is 3.14. The molecule has 2 aromatic rings. The summed E-state index contributed by atoms with van der Waals surface area (Å²) in [4.78, 5) is 11.2. The number of halogens is 1. The molecule has 0 aliphatic rings. The fraction of sp³-hybridized carbons (Fsp3) is 0.133. The lowest BCUT2D eigenvalue weighted by Crippen LogP contribution is -2.12. The maximum Gasteiger partial charge on any atom is 0.250 e. The number of nitrogens with two attached hydrogens (primary N) is 1. The molecule has 0 heterocycles. The number of anilines is 1. The molecule has 2 rings (SSSR count). The zero-order valence-electron chi connectivity index (χ0n) is 10.6. The largest absolute Gasteiger partial charge is 0.381 e. The third kappa shape index (κ3) is 3.48. The Morgan fingerprint density at radius 2 is 2.05 bits per heavy atom. The van der Waals surface area contributed by atoms with Gasteiger partial charge in [-0.15, -0.1) is 0 Å². The normalized spacial score (nSPS) is 10.2. The molecular formula is C15H15ClN2O. The van der Waals surface area contributed by atoms with Crippen LogP contribution >= 0.6 is 11.6 Å². The molecule has 19 heavy (non-hydrogen) atoms. The van der Waals surface area contributed by atoms with Gasteiger partial charge in [-0.05, 0) is 30.7 Å². The summed E-state index contributed by atoms with van der Waals surface area (Å²) in [6.07, 6.45) is 0. The molecule has 0 unspecified atom stereocenters. The number of rotatable bonds is 4. The monoisotopic (exact) mass is 274 g/mol. The minimum atomic E-state index is -0.524. The van der Waals surface area contributed by atoms with Gasteiger partial charge in [-0.1, -0.05) is 41.4 Å². The Bertz CT molecular complexity index is 611. The van der Waals surface area contributed by atoms with E-state index in [0.717, 1.165) is 5.69 Å². The molecule has 0 aromatic heterocycles. The van der Waals surface area contributed by atoms with Crippen LogP contribution in [0, 0.1) is 6.92 Å². The standard InChI is InChI=1S/C15H15ClN2O/c1-10-3-2-4-11(7-10)9-18-12-5-6-14(16)13(8-12)15(17)19/h2-8,18H,9H2,1H3,(H2,17,19). The average molecular weight is 275 g/mol. The smallest absolute Gasteiger partial charge is 0.250 e. The minimum Gasteiger partial charge on any atom is -0.381 e. The first-order chi connectivity index (χ1) is 9.06. The van der Waals surface area contributed by atoms with E-state index in [9.17, 15) is 4.79 Å². The van der Waals surface area contributed by atoms with Gasteiger partial charge in [-0.25, -0.2) is 0 Å². The molecule has 0 spiro atoms. The molecule has 98 valence electrons. The van der Waals surface area contributed by atoms with Gasteiger partial charge in [0.15, 0.2) is 0 Å². The maximum atomic E-state index is 11.2. The van der Waals surface area contributed by atoms with Crippen molar-refractivity contribution in [1.82, 2.24) is 0 Å². The van der Waals surface area contributed by atoms with Crippen LogP contribution in [0.25, 0.3) is 0 Å². The highest BCUT2D eigenvalue weighted by molar-refractivity contribution is 6.33. The maximum absolute atomic E-state index is 11.2. The first kappa shape index (κ1) is 13.4. The van der Waals surface area contributed by atoms with Crippen molar-refractivity contribution in [2.45, 2.75) is 13.5 Å². The molecule has 4 heteroatoms. The number of carbonyl (C=O) groups excluding carboxylic acids is 1. The minimum absolute atomic E-state index is 0.330. The number of hydrogen-bond donors (Lipinski definition) is 2. The van der Waals surface area contributed by atoms with Crippen LogP contribution in [0.4, 0.5) is 5.69 Å².